The molecule has 0 bridgehead atoms. The highest BCUT2D eigenvalue weighted by molar-refractivity contribution is 7.07. The Morgan fingerprint density at radius 2 is 1.70 bits per heavy atom. The van der Waals surface area contributed by atoms with Crippen LogP contribution >= 0.6 is 46.1 Å². The van der Waals surface area contributed by atoms with E-state index in [1.807, 2.05) is 45.0 Å². The maximum absolute atomic E-state index is 14.0. The van der Waals surface area contributed by atoms with E-state index in [1.54, 1.807) is 59.1 Å². The molecule has 3 aromatic carbocycles. The first-order valence-electron chi connectivity index (χ1n) is 14.0. The smallest absolute Gasteiger partial charge is 0.271 e. The molecule has 1 aliphatic heterocycles. The molecule has 4 aromatic rings. The van der Waals surface area contributed by atoms with Crippen LogP contribution in [0.25, 0.3) is 6.08 Å². The molecule has 0 fully saturated rings. The second-order valence-electron chi connectivity index (χ2n) is 10.0. The first kappa shape index (κ1) is 31.9. The third-order valence-corrected chi connectivity index (χ3v) is 9.19. The lowest BCUT2D eigenvalue weighted by atomic mass is 9.94. The van der Waals surface area contributed by atoms with Crippen molar-refractivity contribution in [1.82, 2.24) is 9.47 Å². The number of carbonyl (C=O) groups excluding carboxylic acids is 1. The predicted molar refractivity (Wildman–Crippen MR) is 177 cm³/mol. The van der Waals surface area contributed by atoms with Gasteiger partial charge in [-0.25, -0.2) is 4.99 Å². The zero-order chi connectivity index (χ0) is 31.5. The topological polar surface area (TPSA) is 73.1 Å². The number of hydrogen-bond donors (Lipinski definition) is 0. The Hall–Kier alpha value is -3.56. The van der Waals surface area contributed by atoms with E-state index in [9.17, 15) is 9.59 Å². The van der Waals surface area contributed by atoms with Crippen molar-refractivity contribution >= 4 is 58.1 Å². The number of amides is 1. The molecule has 2 heterocycles. The number of halogens is 3. The minimum Gasteiger partial charge on any atom is -0.493 e. The highest BCUT2D eigenvalue weighted by Crippen LogP contribution is 2.33. The number of hydrogen-bond acceptors (Lipinski definition) is 6. The van der Waals surface area contributed by atoms with Gasteiger partial charge >= 0.3 is 0 Å². The molecule has 0 N–H and O–H groups in total. The highest BCUT2D eigenvalue weighted by Gasteiger charge is 2.34. The Morgan fingerprint density at radius 3 is 2.36 bits per heavy atom. The van der Waals surface area contributed by atoms with Crippen LogP contribution in [0.3, 0.4) is 0 Å². The number of nitrogens with zero attached hydrogens (tertiary/aromatic N) is 3. The van der Waals surface area contributed by atoms with Crippen molar-refractivity contribution in [3.8, 4) is 11.5 Å². The highest BCUT2D eigenvalue weighted by atomic mass is 35.5. The number of ether oxygens (including phenoxy) is 2. The average Bonchev–Trinajstić information content (AvgIpc) is 3.31. The predicted octanol–water partition coefficient (Wildman–Crippen LogP) is 6.65. The molecule has 228 valence electrons. The van der Waals surface area contributed by atoms with Crippen LogP contribution in [0.15, 0.2) is 81.7 Å². The van der Waals surface area contributed by atoms with Gasteiger partial charge in [0.1, 0.15) is 6.61 Å². The van der Waals surface area contributed by atoms with Crippen LogP contribution in [0, 0.1) is 0 Å². The Morgan fingerprint density at radius 1 is 1.00 bits per heavy atom. The second kappa shape index (κ2) is 13.6. The van der Waals surface area contributed by atoms with Gasteiger partial charge in [0, 0.05) is 33.7 Å². The van der Waals surface area contributed by atoms with Crippen LogP contribution in [0.1, 0.15) is 43.5 Å². The molecule has 1 amide bonds. The van der Waals surface area contributed by atoms with Gasteiger partial charge < -0.3 is 14.4 Å². The fourth-order valence-corrected chi connectivity index (χ4v) is 6.71. The third-order valence-electron chi connectivity index (χ3n) is 7.37. The summed E-state index contributed by atoms with van der Waals surface area (Å²) in [7, 11) is 1.55. The first-order chi connectivity index (χ1) is 21.1. The van der Waals surface area contributed by atoms with E-state index in [2.05, 4.69) is 0 Å². The van der Waals surface area contributed by atoms with Gasteiger partial charge in [-0.2, -0.15) is 0 Å². The summed E-state index contributed by atoms with van der Waals surface area (Å²) in [6.45, 7) is 6.99. The summed E-state index contributed by atoms with van der Waals surface area (Å²) in [5.41, 5.74) is 3.10. The van der Waals surface area contributed by atoms with Gasteiger partial charge in [0.25, 0.3) is 11.5 Å². The maximum atomic E-state index is 14.0. The number of methoxy groups -OCH3 is 1. The monoisotopic (exact) mass is 669 g/mol. The summed E-state index contributed by atoms with van der Waals surface area (Å²) in [6.07, 6.45) is 1.79. The largest absolute Gasteiger partial charge is 0.493 e. The van der Waals surface area contributed by atoms with Gasteiger partial charge in [0.05, 0.1) is 29.0 Å². The first-order valence-corrected chi connectivity index (χ1v) is 15.9. The van der Waals surface area contributed by atoms with E-state index < -0.39 is 6.04 Å². The number of allylic oxidation sites excluding steroid dienone is 1. The molecule has 11 heteroatoms. The van der Waals surface area contributed by atoms with Gasteiger partial charge in [-0.3, -0.25) is 14.2 Å². The molecule has 1 aliphatic rings. The van der Waals surface area contributed by atoms with Crippen LogP contribution < -0.4 is 24.4 Å². The van der Waals surface area contributed by atoms with Crippen molar-refractivity contribution in [2.24, 2.45) is 4.99 Å². The molecule has 0 spiro atoms. The lowest BCUT2D eigenvalue weighted by Gasteiger charge is -2.29. The fraction of sp³-hybridized carbons (Fsp3) is 0.242. The number of aromatic nitrogens is 1. The Kier molecular flexibility index (Phi) is 9.85. The quantitative estimate of drug-likeness (QED) is 0.200. The minimum atomic E-state index is -0.649. The summed E-state index contributed by atoms with van der Waals surface area (Å²) in [6, 6.07) is 17.2. The normalized spacial score (nSPS) is 14.7. The summed E-state index contributed by atoms with van der Waals surface area (Å²) >= 11 is 19.8. The fourth-order valence-electron chi connectivity index (χ4n) is 5.08. The van der Waals surface area contributed by atoms with Gasteiger partial charge in [0.15, 0.2) is 16.3 Å². The van der Waals surface area contributed by atoms with Crippen molar-refractivity contribution in [3.05, 3.63) is 123 Å². The van der Waals surface area contributed by atoms with Crippen LogP contribution in [-0.2, 0) is 11.4 Å². The molecule has 1 aromatic heterocycles. The van der Waals surface area contributed by atoms with Crippen molar-refractivity contribution in [1.29, 1.82) is 0 Å². The summed E-state index contributed by atoms with van der Waals surface area (Å²) < 4.78 is 13.7. The third kappa shape index (κ3) is 6.44. The maximum Gasteiger partial charge on any atom is 0.271 e. The van der Waals surface area contributed by atoms with Crippen molar-refractivity contribution in [2.45, 2.75) is 33.4 Å². The summed E-state index contributed by atoms with van der Waals surface area (Å²) in [5, 5.41) is 1.63. The molecular weight excluding hydrogens is 641 g/mol. The van der Waals surface area contributed by atoms with E-state index in [4.69, 9.17) is 49.3 Å². The van der Waals surface area contributed by atoms with E-state index in [0.717, 1.165) is 16.7 Å². The Labute approximate surface area is 274 Å². The van der Waals surface area contributed by atoms with Crippen molar-refractivity contribution < 1.29 is 14.3 Å². The molecule has 1 atom stereocenters. The lowest BCUT2D eigenvalue weighted by molar-refractivity contribution is -0.127. The number of likely N-dealkylation sites (N-methyl/N-ethyl adjacent to an activating group) is 1. The minimum absolute atomic E-state index is 0.148. The van der Waals surface area contributed by atoms with Crippen LogP contribution in [0.4, 0.5) is 0 Å². The summed E-state index contributed by atoms with van der Waals surface area (Å²) in [5.74, 6) is 0.874. The molecule has 0 aliphatic carbocycles. The molecule has 0 saturated carbocycles. The van der Waals surface area contributed by atoms with E-state index in [0.29, 0.717) is 60.3 Å². The van der Waals surface area contributed by atoms with Crippen LogP contribution in [0.5, 0.6) is 11.5 Å². The SMILES string of the molecule is CCN(CC)C(=O)C1=C(C)N=c2s/c(=C/c3ccc(OCc4ccc(Cl)cc4Cl)c(OC)c3)c(=O)n2[C@H]1c1ccc(Cl)cc1. The van der Waals surface area contributed by atoms with Crippen LogP contribution in [0.2, 0.25) is 15.1 Å². The van der Waals surface area contributed by atoms with E-state index in [1.165, 1.54) is 11.3 Å². The Bertz CT molecular complexity index is 1930. The van der Waals surface area contributed by atoms with Crippen molar-refractivity contribution in [3.63, 3.8) is 0 Å². The molecule has 0 saturated heterocycles. The lowest BCUT2D eigenvalue weighted by Crippen LogP contribution is -2.43. The summed E-state index contributed by atoms with van der Waals surface area (Å²) in [4.78, 5) is 34.8. The molecule has 0 unspecified atom stereocenters. The van der Waals surface area contributed by atoms with E-state index in [-0.39, 0.29) is 18.1 Å². The number of rotatable bonds is 9. The zero-order valence-electron chi connectivity index (χ0n) is 24.6. The molecule has 7 nitrogen and oxygen atoms in total. The molecule has 44 heavy (non-hydrogen) atoms. The zero-order valence-corrected chi connectivity index (χ0v) is 27.7. The molecular formula is C33H30Cl3N3O4S. The number of fused-ring (bicyclic) bond motifs is 1. The van der Waals surface area contributed by atoms with E-state index >= 15 is 0 Å². The van der Waals surface area contributed by atoms with Crippen LogP contribution in [-0.4, -0.2) is 35.6 Å². The molecule has 5 rings (SSSR count). The van der Waals surface area contributed by atoms with Gasteiger partial charge in [-0.15, -0.1) is 0 Å². The number of thiazole rings is 1. The Balaban J connectivity index is 1.55. The molecule has 0 radical (unpaired) electrons. The van der Waals surface area contributed by atoms with Crippen molar-refractivity contribution in [2.75, 3.05) is 20.2 Å². The second-order valence-corrected chi connectivity index (χ2v) is 12.3. The van der Waals surface area contributed by atoms with Gasteiger partial charge in [0.2, 0.25) is 0 Å². The number of carbonyl (C=O) groups is 1. The average molecular weight is 671 g/mol. The standard InChI is InChI=1S/C33H30Cl3N3O4S/c1-5-38(6-2)32(41)29-19(3)37-33-39(30(29)21-8-11-23(34)12-9-21)31(40)28(44-33)16-20-7-14-26(27(15-20)42-4)43-18-22-10-13-24(35)17-25(22)36/h7-17,30H,5-6,18H2,1-4H3/b28-16+/t30-/m0/s1. The van der Waals surface area contributed by atoms with Gasteiger partial charge in [-0.05, 0) is 74.4 Å². The number of benzene rings is 3. The van der Waals surface area contributed by atoms with Gasteiger partial charge in [-0.1, -0.05) is 70.4 Å².